The molecule has 0 aliphatic heterocycles. The maximum absolute atomic E-state index is 10.7. The molecule has 0 unspecified atom stereocenters. The zero-order valence-corrected chi connectivity index (χ0v) is 5.78. The highest BCUT2D eigenvalue weighted by Gasteiger charge is 2.02. The molecule has 0 aromatic carbocycles. The van der Waals surface area contributed by atoms with Crippen molar-refractivity contribution >= 4 is 5.97 Å². The number of esters is 1. The smallest absolute Gasteiger partial charge is 0.319 e. The number of nitrogens with one attached hydrogen (secondary N) is 1. The van der Waals surface area contributed by atoms with Gasteiger partial charge in [-0.15, -0.1) is 6.58 Å². The van der Waals surface area contributed by atoms with Gasteiger partial charge in [-0.3, -0.25) is 4.79 Å². The van der Waals surface area contributed by atoms with Gasteiger partial charge in [-0.2, -0.15) is 10.1 Å². The van der Waals surface area contributed by atoms with E-state index in [-0.39, 0.29) is 12.4 Å². The van der Waals surface area contributed by atoms with Crippen molar-refractivity contribution in [1.82, 2.24) is 15.2 Å². The van der Waals surface area contributed by atoms with E-state index in [1.807, 2.05) is 0 Å². The first-order valence-corrected chi connectivity index (χ1v) is 3.00. The number of ether oxygens (including phenoxy) is 1. The van der Waals surface area contributed by atoms with E-state index in [1.54, 1.807) is 0 Å². The van der Waals surface area contributed by atoms with Crippen LogP contribution in [0.25, 0.3) is 0 Å². The van der Waals surface area contributed by atoms with Gasteiger partial charge >= 0.3 is 12.0 Å². The Kier molecular flexibility index (Phi) is 2.37. The molecule has 1 aromatic rings. The van der Waals surface area contributed by atoms with Crippen molar-refractivity contribution in [1.29, 1.82) is 0 Å². The third-order valence-corrected chi connectivity index (χ3v) is 0.914. The molecule has 0 radical (unpaired) electrons. The van der Waals surface area contributed by atoms with Gasteiger partial charge in [-0.25, -0.2) is 5.10 Å². The fourth-order valence-electron chi connectivity index (χ4n) is 0.511. The van der Waals surface area contributed by atoms with E-state index in [0.29, 0.717) is 0 Å². The summed E-state index contributed by atoms with van der Waals surface area (Å²) in [5.41, 5.74) is 0. The predicted octanol–water partition coefficient (Wildman–Crippen LogP) is 0.286. The first-order valence-electron chi connectivity index (χ1n) is 3.00. The van der Waals surface area contributed by atoms with E-state index in [1.165, 1.54) is 12.4 Å². The standard InChI is InChI=1S/C6H7N3O2/c1-2-3-5(10)11-6-7-4-8-9-6/h2,4H,1,3H2,(H,7,8,9). The third kappa shape index (κ3) is 2.21. The molecule has 0 saturated heterocycles. The minimum Gasteiger partial charge on any atom is -0.391 e. The molecule has 1 rings (SSSR count). The minimum atomic E-state index is -0.406. The summed E-state index contributed by atoms with van der Waals surface area (Å²) in [5, 5.41) is 5.88. The van der Waals surface area contributed by atoms with E-state index in [0.717, 1.165) is 0 Å². The highest BCUT2D eigenvalue weighted by Crippen LogP contribution is 1.97. The normalized spacial score (nSPS) is 9.09. The molecule has 0 fully saturated rings. The number of carbonyl (C=O) groups is 1. The summed E-state index contributed by atoms with van der Waals surface area (Å²) in [7, 11) is 0. The Labute approximate surface area is 63.1 Å². The molecule has 1 heterocycles. The summed E-state index contributed by atoms with van der Waals surface area (Å²) in [6.45, 7) is 3.38. The number of hydrogen-bond donors (Lipinski definition) is 1. The quantitative estimate of drug-likeness (QED) is 0.500. The molecule has 0 saturated carbocycles. The molecule has 0 atom stereocenters. The number of hydrogen-bond acceptors (Lipinski definition) is 4. The van der Waals surface area contributed by atoms with E-state index < -0.39 is 5.97 Å². The average Bonchev–Trinajstić information content (AvgIpc) is 2.40. The summed E-state index contributed by atoms with van der Waals surface area (Å²) in [6.07, 6.45) is 2.88. The van der Waals surface area contributed by atoms with Gasteiger partial charge in [0.1, 0.15) is 6.33 Å². The van der Waals surface area contributed by atoms with Crippen LogP contribution in [-0.4, -0.2) is 21.2 Å². The second kappa shape index (κ2) is 3.50. The van der Waals surface area contributed by atoms with Crippen molar-refractivity contribution in [3.8, 4) is 6.01 Å². The maximum Gasteiger partial charge on any atom is 0.319 e. The van der Waals surface area contributed by atoms with Crippen molar-refractivity contribution in [3.63, 3.8) is 0 Å². The zero-order chi connectivity index (χ0) is 8.10. The van der Waals surface area contributed by atoms with E-state index >= 15 is 0 Å². The van der Waals surface area contributed by atoms with Crippen LogP contribution < -0.4 is 4.74 Å². The molecular weight excluding hydrogens is 146 g/mol. The van der Waals surface area contributed by atoms with Gasteiger partial charge < -0.3 is 4.74 Å². The summed E-state index contributed by atoms with van der Waals surface area (Å²) >= 11 is 0. The van der Waals surface area contributed by atoms with Gasteiger partial charge in [-0.05, 0) is 0 Å². The second-order valence-corrected chi connectivity index (χ2v) is 1.76. The largest absolute Gasteiger partial charge is 0.391 e. The van der Waals surface area contributed by atoms with E-state index in [9.17, 15) is 4.79 Å². The van der Waals surface area contributed by atoms with Crippen molar-refractivity contribution in [2.24, 2.45) is 0 Å². The number of rotatable bonds is 3. The first kappa shape index (κ1) is 7.46. The molecule has 0 aliphatic rings. The van der Waals surface area contributed by atoms with Gasteiger partial charge in [-0.1, -0.05) is 6.08 Å². The first-order chi connectivity index (χ1) is 5.33. The van der Waals surface area contributed by atoms with Crippen molar-refractivity contribution in [2.75, 3.05) is 0 Å². The number of carbonyl (C=O) groups excluding carboxylic acids is 1. The highest BCUT2D eigenvalue weighted by atomic mass is 16.5. The van der Waals surface area contributed by atoms with Crippen LogP contribution in [0.4, 0.5) is 0 Å². The lowest BCUT2D eigenvalue weighted by Gasteiger charge is -1.94. The predicted molar refractivity (Wildman–Crippen MR) is 36.8 cm³/mol. The van der Waals surface area contributed by atoms with Gasteiger partial charge in [0, 0.05) is 0 Å². The Morgan fingerprint density at radius 3 is 3.27 bits per heavy atom. The van der Waals surface area contributed by atoms with Crippen molar-refractivity contribution in [2.45, 2.75) is 6.42 Å². The molecule has 58 valence electrons. The fraction of sp³-hybridized carbons (Fsp3) is 0.167. The van der Waals surface area contributed by atoms with Gasteiger partial charge in [0.05, 0.1) is 6.42 Å². The maximum atomic E-state index is 10.7. The lowest BCUT2D eigenvalue weighted by atomic mass is 10.4. The van der Waals surface area contributed by atoms with Crippen LogP contribution in [0.2, 0.25) is 0 Å². The van der Waals surface area contributed by atoms with Crippen LogP contribution in [0.5, 0.6) is 6.01 Å². The monoisotopic (exact) mass is 153 g/mol. The minimum absolute atomic E-state index is 0.108. The van der Waals surface area contributed by atoms with E-state index in [2.05, 4.69) is 26.5 Å². The summed E-state index contributed by atoms with van der Waals surface area (Å²) in [4.78, 5) is 14.3. The molecule has 0 spiro atoms. The second-order valence-electron chi connectivity index (χ2n) is 1.76. The zero-order valence-electron chi connectivity index (χ0n) is 5.78. The fourth-order valence-corrected chi connectivity index (χ4v) is 0.511. The van der Waals surface area contributed by atoms with Crippen LogP contribution in [0.3, 0.4) is 0 Å². The molecule has 0 amide bonds. The molecular formula is C6H7N3O2. The summed E-state index contributed by atoms with van der Waals surface area (Å²) < 4.78 is 4.66. The third-order valence-electron chi connectivity index (χ3n) is 0.914. The molecule has 0 aliphatic carbocycles. The molecule has 5 nitrogen and oxygen atoms in total. The molecule has 1 aromatic heterocycles. The van der Waals surface area contributed by atoms with Gasteiger partial charge in [0.15, 0.2) is 0 Å². The summed E-state index contributed by atoms with van der Waals surface area (Å²) in [5.74, 6) is -0.406. The topological polar surface area (TPSA) is 67.9 Å². The Morgan fingerprint density at radius 1 is 1.91 bits per heavy atom. The lowest BCUT2D eigenvalue weighted by molar-refractivity contribution is -0.133. The number of nitrogens with zero attached hydrogens (tertiary/aromatic N) is 2. The van der Waals surface area contributed by atoms with Crippen molar-refractivity contribution in [3.05, 3.63) is 19.0 Å². The molecule has 5 heteroatoms. The highest BCUT2D eigenvalue weighted by molar-refractivity contribution is 5.72. The van der Waals surface area contributed by atoms with Gasteiger partial charge in [0.2, 0.25) is 0 Å². The number of H-pyrrole nitrogens is 1. The van der Waals surface area contributed by atoms with Crippen LogP contribution in [0.1, 0.15) is 6.42 Å². The molecule has 11 heavy (non-hydrogen) atoms. The lowest BCUT2D eigenvalue weighted by Crippen LogP contribution is -2.06. The van der Waals surface area contributed by atoms with Crippen LogP contribution >= 0.6 is 0 Å². The van der Waals surface area contributed by atoms with Crippen LogP contribution in [-0.2, 0) is 4.79 Å². The van der Waals surface area contributed by atoms with Crippen LogP contribution in [0.15, 0.2) is 19.0 Å². The van der Waals surface area contributed by atoms with Crippen LogP contribution in [0, 0.1) is 0 Å². The molecule has 1 N–H and O–H groups in total. The summed E-state index contributed by atoms with van der Waals surface area (Å²) in [6, 6.07) is 0.108. The van der Waals surface area contributed by atoms with Crippen molar-refractivity contribution < 1.29 is 9.53 Å². The Bertz CT molecular complexity index is 242. The molecule has 0 bridgehead atoms. The van der Waals surface area contributed by atoms with E-state index in [4.69, 9.17) is 0 Å². The number of aromatic amines is 1. The Morgan fingerprint density at radius 2 is 2.73 bits per heavy atom. The Balaban J connectivity index is 2.43. The average molecular weight is 153 g/mol. The van der Waals surface area contributed by atoms with Gasteiger partial charge in [0.25, 0.3) is 0 Å². The Hall–Kier alpha value is -1.65. The number of aromatic nitrogens is 3. The SMILES string of the molecule is C=CCC(=O)Oc1ncn[nH]1.